The number of para-hydroxylation sites is 1. The number of halogens is 1. The van der Waals surface area contributed by atoms with Crippen molar-refractivity contribution in [1.29, 1.82) is 0 Å². The van der Waals surface area contributed by atoms with Gasteiger partial charge in [-0.2, -0.15) is 0 Å². The van der Waals surface area contributed by atoms with Gasteiger partial charge in [0.05, 0.1) is 18.4 Å². The summed E-state index contributed by atoms with van der Waals surface area (Å²) < 4.78 is 46.3. The molecule has 0 spiro atoms. The number of carbonyl (C=O) groups excluding carboxylic acids is 1. The first-order valence-corrected chi connectivity index (χ1v) is 9.53. The van der Waals surface area contributed by atoms with Crippen LogP contribution in [0.1, 0.15) is 30.6 Å². The van der Waals surface area contributed by atoms with Gasteiger partial charge in [-0.3, -0.25) is 9.52 Å². The van der Waals surface area contributed by atoms with Crippen LogP contribution in [-0.2, 0) is 10.0 Å². The first-order valence-electron chi connectivity index (χ1n) is 8.04. The maximum Gasteiger partial charge on any atom is 0.265 e. The number of benzene rings is 2. The highest BCUT2D eigenvalue weighted by atomic mass is 32.2. The highest BCUT2D eigenvalue weighted by Crippen LogP contribution is 2.27. The molecule has 0 aromatic heterocycles. The number of anilines is 1. The van der Waals surface area contributed by atoms with Crippen molar-refractivity contribution >= 4 is 21.6 Å². The first-order chi connectivity index (χ1) is 12.3. The van der Waals surface area contributed by atoms with E-state index in [2.05, 4.69) is 10.0 Å². The molecule has 0 bridgehead atoms. The van der Waals surface area contributed by atoms with Crippen molar-refractivity contribution in [2.24, 2.45) is 0 Å². The molecular formula is C18H21FN2O4S. The molecule has 0 aliphatic rings. The fourth-order valence-corrected chi connectivity index (χ4v) is 3.50. The molecule has 0 aliphatic carbocycles. The molecule has 26 heavy (non-hydrogen) atoms. The van der Waals surface area contributed by atoms with E-state index in [1.54, 1.807) is 12.1 Å². The van der Waals surface area contributed by atoms with E-state index in [-0.39, 0.29) is 27.9 Å². The van der Waals surface area contributed by atoms with Crippen LogP contribution in [0.5, 0.6) is 5.75 Å². The van der Waals surface area contributed by atoms with Crippen molar-refractivity contribution < 1.29 is 22.3 Å². The third-order valence-electron chi connectivity index (χ3n) is 3.82. The number of hydrogen-bond donors (Lipinski definition) is 2. The Morgan fingerprint density at radius 1 is 1.23 bits per heavy atom. The van der Waals surface area contributed by atoms with Crippen LogP contribution >= 0.6 is 0 Å². The van der Waals surface area contributed by atoms with Gasteiger partial charge >= 0.3 is 0 Å². The maximum atomic E-state index is 13.5. The predicted molar refractivity (Wildman–Crippen MR) is 97.4 cm³/mol. The Labute approximate surface area is 152 Å². The third-order valence-corrected chi connectivity index (χ3v) is 5.21. The lowest BCUT2D eigenvalue weighted by Crippen LogP contribution is -2.32. The van der Waals surface area contributed by atoms with E-state index < -0.39 is 21.7 Å². The quantitative estimate of drug-likeness (QED) is 0.773. The topological polar surface area (TPSA) is 84.5 Å². The van der Waals surface area contributed by atoms with Gasteiger partial charge in [0, 0.05) is 6.04 Å². The van der Waals surface area contributed by atoms with Crippen LogP contribution < -0.4 is 14.8 Å². The highest BCUT2D eigenvalue weighted by Gasteiger charge is 2.23. The van der Waals surface area contributed by atoms with Crippen molar-refractivity contribution in [3.05, 3.63) is 53.8 Å². The molecule has 2 aromatic rings. The average molecular weight is 380 g/mol. The van der Waals surface area contributed by atoms with Gasteiger partial charge < -0.3 is 10.1 Å². The van der Waals surface area contributed by atoms with Crippen molar-refractivity contribution in [1.82, 2.24) is 5.32 Å². The van der Waals surface area contributed by atoms with E-state index in [0.717, 1.165) is 18.6 Å². The van der Waals surface area contributed by atoms with Gasteiger partial charge in [-0.15, -0.1) is 0 Å². The van der Waals surface area contributed by atoms with E-state index in [4.69, 9.17) is 4.74 Å². The van der Waals surface area contributed by atoms with E-state index in [1.165, 1.54) is 25.3 Å². The standard InChI is InChI=1S/C18H21FN2O4S/c1-4-12(2)20-18(22)14-7-5-6-8-15(14)21-26(23,24)17-11-13(19)9-10-16(17)25-3/h5-12,21H,4H2,1-3H3,(H,20,22). The average Bonchev–Trinajstić information content (AvgIpc) is 2.61. The number of amides is 1. The number of sulfonamides is 1. The maximum absolute atomic E-state index is 13.5. The fourth-order valence-electron chi connectivity index (χ4n) is 2.23. The Hall–Kier alpha value is -2.61. The smallest absolute Gasteiger partial charge is 0.265 e. The monoisotopic (exact) mass is 380 g/mol. The van der Waals surface area contributed by atoms with Gasteiger partial charge in [-0.25, -0.2) is 12.8 Å². The number of rotatable bonds is 7. The van der Waals surface area contributed by atoms with E-state index in [9.17, 15) is 17.6 Å². The number of carbonyl (C=O) groups is 1. The largest absolute Gasteiger partial charge is 0.495 e. The molecule has 2 N–H and O–H groups in total. The molecule has 6 nitrogen and oxygen atoms in total. The summed E-state index contributed by atoms with van der Waals surface area (Å²) in [6, 6.07) is 9.34. The second-order valence-corrected chi connectivity index (χ2v) is 7.38. The predicted octanol–water partition coefficient (Wildman–Crippen LogP) is 3.16. The van der Waals surface area contributed by atoms with Crippen molar-refractivity contribution in [2.45, 2.75) is 31.2 Å². The molecule has 1 unspecified atom stereocenters. The lowest BCUT2D eigenvalue weighted by molar-refractivity contribution is 0.0940. The van der Waals surface area contributed by atoms with Crippen LogP contribution in [0.25, 0.3) is 0 Å². The van der Waals surface area contributed by atoms with Crippen LogP contribution in [0.3, 0.4) is 0 Å². The summed E-state index contributed by atoms with van der Waals surface area (Å²) >= 11 is 0. The minimum Gasteiger partial charge on any atom is -0.495 e. The zero-order valence-corrected chi connectivity index (χ0v) is 15.6. The summed E-state index contributed by atoms with van der Waals surface area (Å²) in [5.41, 5.74) is 0.270. The molecule has 2 rings (SSSR count). The highest BCUT2D eigenvalue weighted by molar-refractivity contribution is 7.92. The molecule has 0 saturated heterocycles. The lowest BCUT2D eigenvalue weighted by Gasteiger charge is -2.16. The SMILES string of the molecule is CCC(C)NC(=O)c1ccccc1NS(=O)(=O)c1cc(F)ccc1OC. The zero-order valence-electron chi connectivity index (χ0n) is 14.7. The van der Waals surface area contributed by atoms with Crippen molar-refractivity contribution in [3.8, 4) is 5.75 Å². The zero-order chi connectivity index (χ0) is 19.3. The summed E-state index contributed by atoms with van der Waals surface area (Å²) in [7, 11) is -2.87. The molecule has 0 aliphatic heterocycles. The Bertz CT molecular complexity index is 900. The second-order valence-electron chi connectivity index (χ2n) is 5.73. The minimum atomic E-state index is -4.16. The van der Waals surface area contributed by atoms with Crippen LogP contribution in [0.4, 0.5) is 10.1 Å². The Morgan fingerprint density at radius 3 is 2.58 bits per heavy atom. The van der Waals surface area contributed by atoms with Crippen molar-refractivity contribution in [3.63, 3.8) is 0 Å². The molecule has 2 aromatic carbocycles. The summed E-state index contributed by atoms with van der Waals surface area (Å²) in [4.78, 5) is 12.1. The van der Waals surface area contributed by atoms with Crippen molar-refractivity contribution in [2.75, 3.05) is 11.8 Å². The summed E-state index contributed by atoms with van der Waals surface area (Å²) in [6.45, 7) is 3.78. The normalized spacial score (nSPS) is 12.3. The number of nitrogens with one attached hydrogen (secondary N) is 2. The number of ether oxygens (including phenoxy) is 1. The van der Waals surface area contributed by atoms with Crippen LogP contribution in [-0.4, -0.2) is 27.5 Å². The third kappa shape index (κ3) is 4.51. The molecule has 0 fully saturated rings. The minimum absolute atomic E-state index is 0.000405. The van der Waals surface area contributed by atoms with E-state index in [0.29, 0.717) is 0 Å². The van der Waals surface area contributed by atoms with Crippen LogP contribution in [0, 0.1) is 5.82 Å². The van der Waals surface area contributed by atoms with Gasteiger partial charge in [0.15, 0.2) is 0 Å². The molecule has 1 amide bonds. The molecule has 0 radical (unpaired) electrons. The molecule has 8 heteroatoms. The van der Waals surface area contributed by atoms with Crippen LogP contribution in [0.2, 0.25) is 0 Å². The Kier molecular flexibility index (Phi) is 6.20. The number of methoxy groups -OCH3 is 1. The van der Waals surface area contributed by atoms with Crippen LogP contribution in [0.15, 0.2) is 47.4 Å². The van der Waals surface area contributed by atoms with Gasteiger partial charge in [-0.1, -0.05) is 19.1 Å². The summed E-state index contributed by atoms with van der Waals surface area (Å²) in [6.07, 6.45) is 0.736. The molecule has 0 saturated carbocycles. The molecule has 0 heterocycles. The van der Waals surface area contributed by atoms with Gasteiger partial charge in [0.25, 0.3) is 15.9 Å². The van der Waals surface area contributed by atoms with Gasteiger partial charge in [0.2, 0.25) is 0 Å². The molecular weight excluding hydrogens is 359 g/mol. The number of hydrogen-bond acceptors (Lipinski definition) is 4. The fraction of sp³-hybridized carbons (Fsp3) is 0.278. The van der Waals surface area contributed by atoms with Gasteiger partial charge in [0.1, 0.15) is 16.5 Å². The summed E-state index contributed by atoms with van der Waals surface area (Å²) in [5, 5.41) is 2.78. The van der Waals surface area contributed by atoms with E-state index in [1.807, 2.05) is 13.8 Å². The van der Waals surface area contributed by atoms with Gasteiger partial charge in [-0.05, 0) is 43.7 Å². The summed E-state index contributed by atoms with van der Waals surface area (Å²) in [5.74, 6) is -1.11. The lowest BCUT2D eigenvalue weighted by atomic mass is 10.1. The van der Waals surface area contributed by atoms with E-state index >= 15 is 0 Å². The second kappa shape index (κ2) is 8.18. The first kappa shape index (κ1) is 19.7. The molecule has 140 valence electrons. The molecule has 1 atom stereocenters. The Morgan fingerprint density at radius 2 is 1.92 bits per heavy atom. The Balaban J connectivity index is 2.40.